The Bertz CT molecular complexity index is 923. The minimum atomic E-state index is -0.0534. The molecule has 0 aliphatic heterocycles. The Kier molecular flexibility index (Phi) is 6.31. The van der Waals surface area contributed by atoms with Crippen LogP contribution in [0.15, 0.2) is 53.1 Å². The van der Waals surface area contributed by atoms with Gasteiger partial charge in [-0.05, 0) is 48.9 Å². The molecule has 0 aliphatic carbocycles. The number of aromatic nitrogens is 2. The molecule has 7 heteroatoms. The number of rotatable bonds is 7. The lowest BCUT2D eigenvalue weighted by Gasteiger charge is -2.25. The first-order valence-electron chi connectivity index (χ1n) is 8.96. The molecule has 3 rings (SSSR count). The number of methoxy groups -OCH3 is 1. The van der Waals surface area contributed by atoms with Crippen LogP contribution in [0, 0.1) is 0 Å². The molecule has 1 atom stereocenters. The Labute approximate surface area is 169 Å². The van der Waals surface area contributed by atoms with Gasteiger partial charge in [0, 0.05) is 30.5 Å². The number of carbonyl (C=O) groups is 1. The lowest BCUT2D eigenvalue weighted by molar-refractivity contribution is -0.131. The van der Waals surface area contributed by atoms with Crippen LogP contribution in [0.2, 0.25) is 5.02 Å². The first-order valence-corrected chi connectivity index (χ1v) is 9.34. The molecule has 0 radical (unpaired) electrons. The van der Waals surface area contributed by atoms with E-state index in [9.17, 15) is 4.79 Å². The van der Waals surface area contributed by atoms with Crippen molar-refractivity contribution in [3.63, 3.8) is 0 Å². The summed E-state index contributed by atoms with van der Waals surface area (Å²) in [4.78, 5) is 18.6. The van der Waals surface area contributed by atoms with Gasteiger partial charge in [-0.3, -0.25) is 4.79 Å². The number of halogens is 1. The largest absolute Gasteiger partial charge is 0.497 e. The first kappa shape index (κ1) is 19.9. The third kappa shape index (κ3) is 4.70. The molecule has 0 saturated heterocycles. The third-order valence-corrected chi connectivity index (χ3v) is 4.95. The van der Waals surface area contributed by atoms with E-state index < -0.39 is 0 Å². The van der Waals surface area contributed by atoms with Crippen molar-refractivity contribution in [1.82, 2.24) is 15.0 Å². The summed E-state index contributed by atoms with van der Waals surface area (Å²) in [5.74, 6) is 1.70. The third-order valence-electron chi connectivity index (χ3n) is 4.70. The van der Waals surface area contributed by atoms with Gasteiger partial charge in [0.25, 0.3) is 0 Å². The molecular weight excluding hydrogens is 378 g/mol. The van der Waals surface area contributed by atoms with E-state index >= 15 is 0 Å². The van der Waals surface area contributed by atoms with E-state index in [1.54, 1.807) is 19.1 Å². The molecule has 1 heterocycles. The van der Waals surface area contributed by atoms with Gasteiger partial charge in [-0.1, -0.05) is 28.9 Å². The van der Waals surface area contributed by atoms with Crippen LogP contribution in [0.4, 0.5) is 0 Å². The monoisotopic (exact) mass is 399 g/mol. The summed E-state index contributed by atoms with van der Waals surface area (Å²) < 4.78 is 10.4. The maximum absolute atomic E-state index is 12.5. The highest BCUT2D eigenvalue weighted by Gasteiger charge is 2.18. The second kappa shape index (κ2) is 8.89. The summed E-state index contributed by atoms with van der Waals surface area (Å²) >= 11 is 5.93. The summed E-state index contributed by atoms with van der Waals surface area (Å²) in [6.45, 7) is 1.98. The highest BCUT2D eigenvalue weighted by molar-refractivity contribution is 6.30. The number of nitrogens with zero attached hydrogens (tertiary/aromatic N) is 3. The van der Waals surface area contributed by atoms with E-state index in [1.807, 2.05) is 55.5 Å². The minimum Gasteiger partial charge on any atom is -0.497 e. The topological polar surface area (TPSA) is 68.5 Å². The Hall–Kier alpha value is -2.86. The molecular formula is C21H22ClN3O3. The Balaban J connectivity index is 1.58. The molecule has 0 fully saturated rings. The van der Waals surface area contributed by atoms with Gasteiger partial charge in [0.15, 0.2) is 0 Å². The van der Waals surface area contributed by atoms with Gasteiger partial charge >= 0.3 is 0 Å². The van der Waals surface area contributed by atoms with Gasteiger partial charge in [0.1, 0.15) is 5.75 Å². The van der Waals surface area contributed by atoms with Gasteiger partial charge < -0.3 is 14.2 Å². The second-order valence-corrected chi connectivity index (χ2v) is 6.91. The summed E-state index contributed by atoms with van der Waals surface area (Å²) in [7, 11) is 3.40. The zero-order chi connectivity index (χ0) is 20.1. The molecule has 1 amide bonds. The van der Waals surface area contributed by atoms with E-state index in [0.717, 1.165) is 16.9 Å². The minimum absolute atomic E-state index is 0.00616. The van der Waals surface area contributed by atoms with E-state index in [1.165, 1.54) is 0 Å². The van der Waals surface area contributed by atoms with Crippen molar-refractivity contribution in [1.29, 1.82) is 0 Å². The molecule has 3 aromatic rings. The van der Waals surface area contributed by atoms with E-state index in [-0.39, 0.29) is 11.9 Å². The van der Waals surface area contributed by atoms with Crippen LogP contribution in [0.25, 0.3) is 11.4 Å². The fourth-order valence-electron chi connectivity index (χ4n) is 2.78. The fourth-order valence-corrected chi connectivity index (χ4v) is 2.91. The van der Waals surface area contributed by atoms with Crippen molar-refractivity contribution in [2.45, 2.75) is 25.8 Å². The molecule has 146 valence electrons. The molecule has 0 N–H and O–H groups in total. The number of ether oxygens (including phenoxy) is 1. The zero-order valence-corrected chi connectivity index (χ0v) is 16.8. The van der Waals surface area contributed by atoms with Crippen LogP contribution >= 0.6 is 11.6 Å². The molecule has 28 heavy (non-hydrogen) atoms. The molecule has 6 nitrogen and oxygen atoms in total. The smallest absolute Gasteiger partial charge is 0.227 e. The summed E-state index contributed by atoms with van der Waals surface area (Å²) in [6.07, 6.45) is 0.679. The van der Waals surface area contributed by atoms with Crippen LogP contribution in [0.5, 0.6) is 5.75 Å². The number of hydrogen-bond acceptors (Lipinski definition) is 5. The average molecular weight is 400 g/mol. The van der Waals surface area contributed by atoms with Gasteiger partial charge in [-0.2, -0.15) is 4.98 Å². The van der Waals surface area contributed by atoms with Crippen LogP contribution in [-0.2, 0) is 11.2 Å². The number of benzene rings is 2. The number of hydrogen-bond donors (Lipinski definition) is 0. The van der Waals surface area contributed by atoms with Gasteiger partial charge in [-0.15, -0.1) is 0 Å². The van der Waals surface area contributed by atoms with E-state index in [0.29, 0.717) is 29.6 Å². The highest BCUT2D eigenvalue weighted by atomic mass is 35.5. The number of aryl methyl sites for hydroxylation is 1. The molecule has 1 unspecified atom stereocenters. The molecule has 1 aromatic heterocycles. The maximum Gasteiger partial charge on any atom is 0.227 e. The lowest BCUT2D eigenvalue weighted by atomic mass is 10.1. The van der Waals surface area contributed by atoms with E-state index in [2.05, 4.69) is 10.1 Å². The van der Waals surface area contributed by atoms with Crippen LogP contribution in [0.1, 0.15) is 30.8 Å². The maximum atomic E-state index is 12.5. The molecule has 2 aromatic carbocycles. The van der Waals surface area contributed by atoms with E-state index in [4.69, 9.17) is 20.9 Å². The van der Waals surface area contributed by atoms with Gasteiger partial charge in [-0.25, -0.2) is 0 Å². The van der Waals surface area contributed by atoms with Crippen LogP contribution in [0.3, 0.4) is 0 Å². The molecule has 0 spiro atoms. The first-order chi connectivity index (χ1) is 13.5. The summed E-state index contributed by atoms with van der Waals surface area (Å²) in [5, 5.41) is 4.67. The van der Waals surface area contributed by atoms with Crippen molar-refractivity contribution >= 4 is 17.5 Å². The Morgan fingerprint density at radius 3 is 2.50 bits per heavy atom. The van der Waals surface area contributed by atoms with Crippen molar-refractivity contribution < 1.29 is 14.1 Å². The molecule has 0 aliphatic rings. The van der Waals surface area contributed by atoms with Gasteiger partial charge in [0.2, 0.25) is 17.6 Å². The quantitative estimate of drug-likeness (QED) is 0.583. The number of amides is 1. The van der Waals surface area contributed by atoms with Crippen LogP contribution in [-0.4, -0.2) is 35.1 Å². The normalized spacial score (nSPS) is 11.9. The van der Waals surface area contributed by atoms with Crippen molar-refractivity contribution in [3.05, 3.63) is 65.0 Å². The Morgan fingerprint density at radius 1 is 1.18 bits per heavy atom. The predicted octanol–water partition coefficient (Wildman–Crippen LogP) is 4.55. The number of carbonyl (C=O) groups excluding carboxylic acids is 1. The zero-order valence-electron chi connectivity index (χ0n) is 16.1. The molecule has 0 bridgehead atoms. The fraction of sp³-hybridized carbons (Fsp3) is 0.286. The second-order valence-electron chi connectivity index (χ2n) is 6.47. The highest BCUT2D eigenvalue weighted by Crippen LogP contribution is 2.23. The lowest BCUT2D eigenvalue weighted by Crippen LogP contribution is -2.29. The van der Waals surface area contributed by atoms with Gasteiger partial charge in [0.05, 0.1) is 13.2 Å². The summed E-state index contributed by atoms with van der Waals surface area (Å²) in [6, 6.07) is 14.8. The Morgan fingerprint density at radius 2 is 1.86 bits per heavy atom. The standard InChI is InChI=1S/C21H22ClN3O3/c1-14(15-4-8-17(22)9-5-15)25(2)20(26)13-12-19-23-21(24-28-19)16-6-10-18(27-3)11-7-16/h4-11,14H,12-13H2,1-3H3. The van der Waals surface area contributed by atoms with Crippen LogP contribution < -0.4 is 4.74 Å². The summed E-state index contributed by atoms with van der Waals surface area (Å²) in [5.41, 5.74) is 1.86. The predicted molar refractivity (Wildman–Crippen MR) is 107 cm³/mol. The molecule has 0 saturated carbocycles. The van der Waals surface area contributed by atoms with Crippen molar-refractivity contribution in [2.24, 2.45) is 0 Å². The van der Waals surface area contributed by atoms with Crippen molar-refractivity contribution in [2.75, 3.05) is 14.2 Å². The average Bonchev–Trinajstić information content (AvgIpc) is 3.20. The SMILES string of the molecule is COc1ccc(-c2noc(CCC(=O)N(C)C(C)c3ccc(Cl)cc3)n2)cc1. The van der Waals surface area contributed by atoms with Crippen molar-refractivity contribution in [3.8, 4) is 17.1 Å².